The van der Waals surface area contributed by atoms with Crippen molar-refractivity contribution < 1.29 is 161 Å². The van der Waals surface area contributed by atoms with Crippen molar-refractivity contribution in [3.63, 3.8) is 0 Å². The smallest absolute Gasteiger partial charge is 0.453 e. The summed E-state index contributed by atoms with van der Waals surface area (Å²) in [5.74, 6) is 7.60. The molecule has 12 nitrogen and oxygen atoms in total. The number of imidazole rings is 2. The van der Waals surface area contributed by atoms with Gasteiger partial charge in [-0.3, -0.25) is 9.78 Å². The molecule has 2 aliphatic carbocycles. The first-order valence-electron chi connectivity index (χ1n) is 22.0. The summed E-state index contributed by atoms with van der Waals surface area (Å²) in [6.07, 6.45) is 16.8. The van der Waals surface area contributed by atoms with E-state index in [1.54, 1.807) is 10.8 Å². The number of unbranched alkanes of at least 4 members (excludes halogenated alkanes) is 2. The van der Waals surface area contributed by atoms with Gasteiger partial charge in [0, 0.05) is 29.3 Å². The standard InChI is InChI=1S/C38H42N7O4.C5H11.2C2H6.CH3B.CH5N.3CH3.2Cs/c1-25(2)34(44-36(48)49-4)35(47)40-22-38(17-18-38)14-13-32-39-20-31(43-32)28-10-7-26(8-11-28)5-6-27-9-12-29-30(19-27)42-33(41-29)21-45(24-46)23-37(3)15-16-37;1-3-5-4-2;4*1-2;;;;;/h7-13,19-21,25,34H,14-18,22-23H2,1-4H3,(H,39,43)(H,40,47)(H,41,42)(H,44,48);3H,4-5H2,1-2H3;2*1-2H3;1H3;2H2,1H3;3*1H3;;/q2*-1;;;;;3*-1;2*+1. The van der Waals surface area contributed by atoms with Crippen LogP contribution in [0.5, 0.6) is 0 Å². The van der Waals surface area contributed by atoms with Gasteiger partial charge in [-0.15, -0.1) is 0 Å². The SMILES string of the molecule is CC.CC.CN.COC(=O)NC(C(=O)NCC1(C[CH-]c2ncc(-c3ccc(C#Cc4ccc5nc(C=[N+]([C-]=O)CC6(C)CC6)[nH]c5c4)cc3)[nH]2)CC1)C(C)C.C[CH-]CCC.[B]C.[CH3-].[CH3-].[CH3-].[Cs+].[Cs+]. The fourth-order valence-electron chi connectivity index (χ4n) is 6.00. The van der Waals surface area contributed by atoms with Gasteiger partial charge in [0.05, 0.1) is 37.9 Å². The maximum atomic E-state index is 12.8. The summed E-state index contributed by atoms with van der Waals surface area (Å²) in [7, 11) is 7.28. The molecular weight excluding hydrogens is 1080 g/mol. The van der Waals surface area contributed by atoms with E-state index in [0.29, 0.717) is 18.9 Å². The number of hydrogen-bond donors (Lipinski definition) is 5. The molecule has 4 aromatic rings. The predicted molar refractivity (Wildman–Crippen MR) is 275 cm³/mol. The molecule has 2 radical (unpaired) electrons. The summed E-state index contributed by atoms with van der Waals surface area (Å²) in [6, 6.07) is 13.2. The topological polar surface area (TPSA) is 171 Å². The van der Waals surface area contributed by atoms with Crippen LogP contribution in [0, 0.1) is 63.7 Å². The van der Waals surface area contributed by atoms with Crippen molar-refractivity contribution in [2.75, 3.05) is 27.2 Å². The van der Waals surface area contributed by atoms with E-state index in [9.17, 15) is 14.4 Å². The number of nitrogens with one attached hydrogen (secondary N) is 4. The number of nitrogens with zero attached hydrogens (tertiary/aromatic N) is 3. The quantitative estimate of drug-likeness (QED) is 0.0299. The number of amides is 3. The second-order valence-electron chi connectivity index (χ2n) is 15.2. The van der Waals surface area contributed by atoms with Crippen molar-refractivity contribution >= 4 is 43.5 Å². The van der Waals surface area contributed by atoms with Gasteiger partial charge < -0.3 is 75.6 Å². The fraction of sp³-hybridized carbons (Fsp3) is 0.481. The van der Waals surface area contributed by atoms with Gasteiger partial charge in [0.2, 0.25) is 5.91 Å². The number of aromatic nitrogens is 4. The van der Waals surface area contributed by atoms with Gasteiger partial charge in [0.15, 0.2) is 0 Å². The van der Waals surface area contributed by atoms with Crippen LogP contribution in [0.25, 0.3) is 22.3 Å². The van der Waals surface area contributed by atoms with E-state index in [2.05, 4.69) is 94.3 Å². The molecule has 3 amide bonds. The van der Waals surface area contributed by atoms with E-state index in [-0.39, 0.29) is 183 Å². The van der Waals surface area contributed by atoms with Gasteiger partial charge in [0.1, 0.15) is 18.4 Å². The average Bonchev–Trinajstić information content (AvgIpc) is 4.14. The molecule has 0 aliphatic heterocycles. The van der Waals surface area contributed by atoms with E-state index >= 15 is 0 Å². The van der Waals surface area contributed by atoms with Crippen molar-refractivity contribution in [3.05, 3.63) is 107 Å². The summed E-state index contributed by atoms with van der Waals surface area (Å²) < 4.78 is 6.21. The van der Waals surface area contributed by atoms with Crippen LogP contribution in [0.15, 0.2) is 48.7 Å². The Hall–Kier alpha value is -1.24. The Bertz CT molecular complexity index is 2010. The van der Waals surface area contributed by atoms with Gasteiger partial charge in [-0.2, -0.15) is 19.8 Å². The number of ether oxygens (including phenoxy) is 1. The zero-order chi connectivity index (χ0) is 46.7. The Labute approximate surface area is 526 Å². The number of rotatable bonds is 15. The third-order valence-electron chi connectivity index (χ3n) is 10.0. The average molecular weight is 1160 g/mol. The normalized spacial score (nSPS) is 12.9. The molecule has 1 unspecified atom stereocenters. The maximum absolute atomic E-state index is 12.8. The van der Waals surface area contributed by atoms with Crippen molar-refractivity contribution in [2.24, 2.45) is 22.5 Å². The minimum atomic E-state index is -0.650. The minimum absolute atomic E-state index is 0. The molecule has 0 bridgehead atoms. The van der Waals surface area contributed by atoms with Crippen LogP contribution in [0.3, 0.4) is 0 Å². The Morgan fingerprint density at radius 2 is 1.57 bits per heavy atom. The Kier molecular flexibility index (Phi) is 46.1. The number of H-pyrrole nitrogens is 2. The molecule has 0 saturated heterocycles. The summed E-state index contributed by atoms with van der Waals surface area (Å²) in [5.41, 5.74) is 10.0. The van der Waals surface area contributed by atoms with E-state index in [1.165, 1.54) is 33.8 Å². The Morgan fingerprint density at radius 3 is 2.06 bits per heavy atom. The van der Waals surface area contributed by atoms with E-state index in [1.807, 2.05) is 96.6 Å². The number of aromatic amines is 2. The summed E-state index contributed by atoms with van der Waals surface area (Å²) in [4.78, 5) is 51.7. The molecule has 2 aromatic heterocycles. The molecule has 67 heavy (non-hydrogen) atoms. The van der Waals surface area contributed by atoms with Crippen LogP contribution in [0.4, 0.5) is 4.79 Å². The Morgan fingerprint density at radius 1 is 0.985 bits per heavy atom. The van der Waals surface area contributed by atoms with Crippen LogP contribution in [0.1, 0.15) is 130 Å². The third-order valence-corrected chi connectivity index (χ3v) is 10.0. The molecule has 6 N–H and O–H groups in total. The maximum Gasteiger partial charge on any atom is 1.00 e. The molecule has 2 aliphatic rings. The van der Waals surface area contributed by atoms with Crippen LogP contribution in [0.2, 0.25) is 6.82 Å². The first-order chi connectivity index (χ1) is 30.0. The van der Waals surface area contributed by atoms with Gasteiger partial charge in [-0.05, 0) is 85.8 Å². The molecule has 6 rings (SSSR count). The van der Waals surface area contributed by atoms with Crippen LogP contribution in [-0.2, 0) is 14.3 Å². The first-order valence-corrected chi connectivity index (χ1v) is 22.0. The van der Waals surface area contributed by atoms with E-state index in [4.69, 9.17) is 0 Å². The summed E-state index contributed by atoms with van der Waals surface area (Å²) >= 11 is 0. The van der Waals surface area contributed by atoms with E-state index < -0.39 is 12.1 Å². The minimum Gasteiger partial charge on any atom is -0.453 e. The molecule has 15 heteroatoms. The number of nitrogens with two attached hydrogens (primary N) is 1. The second kappa shape index (κ2) is 41.4. The number of fused-ring (bicyclic) bond motifs is 1. The molecule has 362 valence electrons. The number of carbonyl (C=O) groups excluding carboxylic acids is 3. The summed E-state index contributed by atoms with van der Waals surface area (Å²) in [5, 5.41) is 5.64. The molecule has 0 spiro atoms. The van der Waals surface area contributed by atoms with Crippen molar-refractivity contribution in [3.8, 4) is 23.1 Å². The molecule has 2 aromatic carbocycles. The third kappa shape index (κ3) is 27.2. The fourth-order valence-corrected chi connectivity index (χ4v) is 6.00. The second-order valence-corrected chi connectivity index (χ2v) is 15.2. The predicted octanol–water partition coefficient (Wildman–Crippen LogP) is 4.07. The van der Waals surface area contributed by atoms with Crippen molar-refractivity contribution in [2.45, 2.75) is 120 Å². The zero-order valence-electron chi connectivity index (χ0n) is 44.5. The van der Waals surface area contributed by atoms with Gasteiger partial charge in [0.25, 0.3) is 6.41 Å². The van der Waals surface area contributed by atoms with Crippen LogP contribution >= 0.6 is 0 Å². The van der Waals surface area contributed by atoms with E-state index in [0.717, 1.165) is 71.3 Å². The number of benzene rings is 2. The van der Waals surface area contributed by atoms with Crippen molar-refractivity contribution in [1.29, 1.82) is 0 Å². The van der Waals surface area contributed by atoms with Crippen LogP contribution < -0.4 is 154 Å². The monoisotopic (exact) mass is 1160 g/mol. The number of alkyl carbamates (subject to hydrolysis) is 1. The molecule has 2 saturated carbocycles. The number of hydrogen-bond acceptors (Lipinski definition) is 7. The largest absolute Gasteiger partial charge is 1.00 e. The van der Waals surface area contributed by atoms with Gasteiger partial charge in [-0.25, -0.2) is 9.78 Å². The summed E-state index contributed by atoms with van der Waals surface area (Å²) in [6.45, 7) is 20.9. The first kappa shape index (κ1) is 74.7. The number of carbonyl (C=O) groups is 2. The molecule has 1 atom stereocenters. The zero-order valence-corrected chi connectivity index (χ0v) is 57.1. The van der Waals surface area contributed by atoms with Gasteiger partial charge in [-0.1, -0.05) is 92.6 Å². The molecular formula is C52H82BCs2N8O4-3. The molecule has 2 fully saturated rings. The van der Waals surface area contributed by atoms with Gasteiger partial charge >= 0.3 is 144 Å². The molecule has 2 heterocycles. The Balaban J connectivity index is -0.000000646. The number of methoxy groups -OCH3 is 1. The van der Waals surface area contributed by atoms with Crippen LogP contribution in [-0.4, -0.2) is 90.3 Å². The van der Waals surface area contributed by atoms with Crippen molar-refractivity contribution in [1.82, 2.24) is 30.6 Å².